The van der Waals surface area contributed by atoms with Gasteiger partial charge in [-0.25, -0.2) is 18.0 Å². The molecule has 11 heteroatoms. The van der Waals surface area contributed by atoms with Gasteiger partial charge in [0.2, 0.25) is 15.9 Å². The number of rotatable bonds is 8. The number of methoxy groups -OCH3 is 3. The second-order valence-corrected chi connectivity index (χ2v) is 9.03. The van der Waals surface area contributed by atoms with Gasteiger partial charge in [0.15, 0.2) is 0 Å². The summed E-state index contributed by atoms with van der Waals surface area (Å²) >= 11 is 0. The molecule has 0 unspecified atom stereocenters. The van der Waals surface area contributed by atoms with Crippen LogP contribution in [0.5, 0.6) is 0 Å². The zero-order valence-corrected chi connectivity index (χ0v) is 18.9. The van der Waals surface area contributed by atoms with Gasteiger partial charge in [-0.1, -0.05) is 0 Å². The molecule has 1 heterocycles. The van der Waals surface area contributed by atoms with E-state index in [1.54, 1.807) is 6.92 Å². The highest BCUT2D eigenvalue weighted by molar-refractivity contribution is 7.89. The van der Waals surface area contributed by atoms with Crippen LogP contribution in [0.15, 0.2) is 23.1 Å². The van der Waals surface area contributed by atoms with Crippen LogP contribution in [0.25, 0.3) is 0 Å². The molecule has 2 rings (SSSR count). The number of nitrogens with zero attached hydrogens (tertiary/aromatic N) is 1. The van der Waals surface area contributed by atoms with Gasteiger partial charge in [0.25, 0.3) is 0 Å². The van der Waals surface area contributed by atoms with Crippen LogP contribution in [-0.2, 0) is 29.0 Å². The summed E-state index contributed by atoms with van der Waals surface area (Å²) in [4.78, 5) is 36.3. The lowest BCUT2D eigenvalue weighted by atomic mass is 9.95. The fourth-order valence-corrected chi connectivity index (χ4v) is 5.34. The number of carbonyl (C=O) groups excluding carboxylic acids is 3. The fraction of sp³-hybridized carbons (Fsp3) is 0.550. The highest BCUT2D eigenvalue weighted by Crippen LogP contribution is 2.31. The molecule has 10 nitrogen and oxygen atoms in total. The third-order valence-electron chi connectivity index (χ3n) is 5.20. The molecule has 1 N–H and O–H groups in total. The van der Waals surface area contributed by atoms with Crippen LogP contribution in [-0.4, -0.2) is 77.6 Å². The summed E-state index contributed by atoms with van der Waals surface area (Å²) in [6, 6.07) is 3.21. The molecule has 1 fully saturated rings. The van der Waals surface area contributed by atoms with Crippen LogP contribution < -0.4 is 5.32 Å². The van der Waals surface area contributed by atoms with E-state index >= 15 is 0 Å². The van der Waals surface area contributed by atoms with Crippen LogP contribution in [0.4, 0.5) is 0 Å². The lowest BCUT2D eigenvalue weighted by Crippen LogP contribution is -2.49. The van der Waals surface area contributed by atoms with E-state index in [0.717, 1.165) is 13.2 Å². The summed E-state index contributed by atoms with van der Waals surface area (Å²) in [7, 11) is -0.408. The van der Waals surface area contributed by atoms with Crippen molar-refractivity contribution < 1.29 is 37.0 Å². The SMILES string of the molecule is COCCNC(=O)[C@@H]1CC[C@@H](C)N(S(=O)(=O)c2cc(C(=O)OC)ccc2C(=O)OC)C1. The van der Waals surface area contributed by atoms with Crippen molar-refractivity contribution in [1.82, 2.24) is 9.62 Å². The number of hydrogen-bond acceptors (Lipinski definition) is 8. The quantitative estimate of drug-likeness (QED) is 0.450. The molecule has 0 radical (unpaired) electrons. The number of piperidine rings is 1. The maximum atomic E-state index is 13.5. The number of ether oxygens (including phenoxy) is 3. The van der Waals surface area contributed by atoms with E-state index in [1.165, 1.54) is 30.7 Å². The van der Waals surface area contributed by atoms with E-state index in [2.05, 4.69) is 10.1 Å². The first kappa shape index (κ1) is 24.8. The summed E-state index contributed by atoms with van der Waals surface area (Å²) in [5.74, 6) is -2.41. The Kier molecular flexibility index (Phi) is 8.54. The fourth-order valence-electron chi connectivity index (χ4n) is 3.43. The largest absolute Gasteiger partial charge is 0.465 e. The Morgan fingerprint density at radius 1 is 1.10 bits per heavy atom. The van der Waals surface area contributed by atoms with Crippen molar-refractivity contribution >= 4 is 27.9 Å². The van der Waals surface area contributed by atoms with Crippen LogP contribution in [0, 0.1) is 5.92 Å². The Labute approximate surface area is 181 Å². The minimum atomic E-state index is -4.23. The van der Waals surface area contributed by atoms with Gasteiger partial charge >= 0.3 is 11.9 Å². The first-order valence-electron chi connectivity index (χ1n) is 9.76. The number of amides is 1. The van der Waals surface area contributed by atoms with E-state index < -0.39 is 33.9 Å². The number of nitrogens with one attached hydrogen (secondary N) is 1. The van der Waals surface area contributed by atoms with E-state index in [1.807, 2.05) is 0 Å². The molecule has 1 amide bonds. The van der Waals surface area contributed by atoms with Crippen molar-refractivity contribution in [2.45, 2.75) is 30.7 Å². The standard InChI is InChI=1S/C20H28N2O8S/c1-13-5-6-15(18(23)21-9-10-28-2)12-22(13)31(26,27)17-11-14(19(24)29-3)7-8-16(17)20(25)30-4/h7-8,11,13,15H,5-6,9-10,12H2,1-4H3,(H,21,23)/t13-,15-/m1/s1. The Morgan fingerprint density at radius 3 is 2.39 bits per heavy atom. The van der Waals surface area contributed by atoms with Crippen molar-refractivity contribution in [2.24, 2.45) is 5.92 Å². The zero-order chi connectivity index (χ0) is 23.2. The monoisotopic (exact) mass is 456 g/mol. The van der Waals surface area contributed by atoms with Gasteiger partial charge in [0.05, 0.1) is 42.8 Å². The molecule has 0 bridgehead atoms. The predicted octanol–water partition coefficient (Wildman–Crippen LogP) is 0.812. The third-order valence-corrected chi connectivity index (χ3v) is 7.22. The van der Waals surface area contributed by atoms with E-state index in [0.29, 0.717) is 26.0 Å². The number of carbonyl (C=O) groups is 3. The second kappa shape index (κ2) is 10.7. The van der Waals surface area contributed by atoms with Crippen molar-refractivity contribution in [1.29, 1.82) is 0 Å². The molecular weight excluding hydrogens is 428 g/mol. The van der Waals surface area contributed by atoms with Crippen LogP contribution >= 0.6 is 0 Å². The molecule has 2 atom stereocenters. The molecule has 0 saturated carbocycles. The summed E-state index contributed by atoms with van der Waals surface area (Å²) in [6.45, 7) is 2.35. The Balaban J connectivity index is 2.42. The molecule has 31 heavy (non-hydrogen) atoms. The highest BCUT2D eigenvalue weighted by Gasteiger charge is 2.39. The Morgan fingerprint density at radius 2 is 1.77 bits per heavy atom. The smallest absolute Gasteiger partial charge is 0.339 e. The molecule has 0 spiro atoms. The topological polar surface area (TPSA) is 128 Å². The van der Waals surface area contributed by atoms with Crippen molar-refractivity contribution in [3.63, 3.8) is 0 Å². The minimum absolute atomic E-state index is 0.0211. The molecular formula is C20H28N2O8S. The second-order valence-electron chi connectivity index (χ2n) is 7.18. The Bertz CT molecular complexity index is 931. The number of hydrogen-bond donors (Lipinski definition) is 1. The maximum Gasteiger partial charge on any atom is 0.339 e. The average Bonchev–Trinajstić information content (AvgIpc) is 2.77. The third kappa shape index (κ3) is 5.60. The molecule has 0 aliphatic carbocycles. The lowest BCUT2D eigenvalue weighted by Gasteiger charge is -2.36. The number of benzene rings is 1. The average molecular weight is 457 g/mol. The van der Waals surface area contributed by atoms with Gasteiger partial charge in [0.1, 0.15) is 0 Å². The minimum Gasteiger partial charge on any atom is -0.465 e. The van der Waals surface area contributed by atoms with E-state index in [4.69, 9.17) is 9.47 Å². The van der Waals surface area contributed by atoms with Crippen LogP contribution in [0.1, 0.15) is 40.5 Å². The first-order valence-corrected chi connectivity index (χ1v) is 11.2. The lowest BCUT2D eigenvalue weighted by molar-refractivity contribution is -0.126. The molecule has 1 aromatic rings. The molecule has 1 aliphatic rings. The predicted molar refractivity (Wildman–Crippen MR) is 110 cm³/mol. The van der Waals surface area contributed by atoms with E-state index in [-0.39, 0.29) is 28.5 Å². The summed E-state index contributed by atoms with van der Waals surface area (Å²) in [6.07, 6.45) is 0.990. The molecule has 1 aromatic carbocycles. The van der Waals surface area contributed by atoms with Crippen LogP contribution in [0.2, 0.25) is 0 Å². The molecule has 1 aliphatic heterocycles. The van der Waals surface area contributed by atoms with E-state index in [9.17, 15) is 22.8 Å². The summed E-state index contributed by atoms with van der Waals surface area (Å²) in [5, 5.41) is 2.73. The van der Waals surface area contributed by atoms with Crippen molar-refractivity contribution in [2.75, 3.05) is 41.0 Å². The summed E-state index contributed by atoms with van der Waals surface area (Å²) in [5.41, 5.74) is -0.221. The molecule has 172 valence electrons. The maximum absolute atomic E-state index is 13.5. The van der Waals surface area contributed by atoms with Gasteiger partial charge in [-0.15, -0.1) is 0 Å². The van der Waals surface area contributed by atoms with Crippen molar-refractivity contribution in [3.05, 3.63) is 29.3 Å². The van der Waals surface area contributed by atoms with Crippen molar-refractivity contribution in [3.8, 4) is 0 Å². The molecule has 0 aromatic heterocycles. The van der Waals surface area contributed by atoms with Gasteiger partial charge in [-0.2, -0.15) is 4.31 Å². The normalized spacial score (nSPS) is 19.5. The molecule has 1 saturated heterocycles. The Hall–Kier alpha value is -2.50. The highest BCUT2D eigenvalue weighted by atomic mass is 32.2. The van der Waals surface area contributed by atoms with Crippen LogP contribution in [0.3, 0.4) is 0 Å². The van der Waals surface area contributed by atoms with Gasteiger partial charge in [0, 0.05) is 26.2 Å². The first-order chi connectivity index (χ1) is 14.7. The number of sulfonamides is 1. The zero-order valence-electron chi connectivity index (χ0n) is 18.0. The van der Waals surface area contributed by atoms with Gasteiger partial charge in [-0.05, 0) is 38.0 Å². The van der Waals surface area contributed by atoms with Gasteiger partial charge < -0.3 is 19.5 Å². The summed E-state index contributed by atoms with van der Waals surface area (Å²) < 4.78 is 42.6. The number of esters is 2. The van der Waals surface area contributed by atoms with Gasteiger partial charge in [-0.3, -0.25) is 4.79 Å².